The van der Waals surface area contributed by atoms with Gasteiger partial charge in [0.25, 0.3) is 0 Å². The van der Waals surface area contributed by atoms with Gasteiger partial charge in [-0.3, -0.25) is 10.1 Å². The molecule has 0 aliphatic heterocycles. The van der Waals surface area contributed by atoms with Crippen molar-refractivity contribution < 1.29 is 19.4 Å². The summed E-state index contributed by atoms with van der Waals surface area (Å²) in [6.07, 6.45) is -0.633. The van der Waals surface area contributed by atoms with Crippen molar-refractivity contribution in [3.8, 4) is 0 Å². The van der Waals surface area contributed by atoms with Gasteiger partial charge in [-0.1, -0.05) is 12.1 Å². The Balaban J connectivity index is 2.82. The molecule has 0 saturated carbocycles. The second-order valence-corrected chi connectivity index (χ2v) is 5.35. The van der Waals surface area contributed by atoms with Crippen molar-refractivity contribution in [1.29, 1.82) is 0 Å². The third-order valence-corrected chi connectivity index (χ3v) is 2.29. The molecule has 0 unspecified atom stereocenters. The topological polar surface area (TPSA) is 75.6 Å². The van der Waals surface area contributed by atoms with Crippen molar-refractivity contribution in [1.82, 2.24) is 0 Å². The van der Waals surface area contributed by atoms with Crippen LogP contribution in [0, 0.1) is 6.92 Å². The van der Waals surface area contributed by atoms with Crippen molar-refractivity contribution >= 4 is 17.7 Å². The summed E-state index contributed by atoms with van der Waals surface area (Å²) in [5, 5.41) is 11.4. The van der Waals surface area contributed by atoms with Crippen LogP contribution in [0.5, 0.6) is 0 Å². The molecule has 104 valence electrons. The molecule has 0 saturated heterocycles. The van der Waals surface area contributed by atoms with Crippen LogP contribution in [0.2, 0.25) is 0 Å². The second-order valence-electron chi connectivity index (χ2n) is 5.35. The predicted octanol–water partition coefficient (Wildman–Crippen LogP) is 2.97. The van der Waals surface area contributed by atoms with Crippen LogP contribution in [0.4, 0.5) is 10.5 Å². The quantitative estimate of drug-likeness (QED) is 0.881. The van der Waals surface area contributed by atoms with Gasteiger partial charge in [0.2, 0.25) is 0 Å². The number of carbonyl (C=O) groups is 2. The van der Waals surface area contributed by atoms with Crippen molar-refractivity contribution in [2.75, 3.05) is 5.32 Å². The monoisotopic (exact) mass is 265 g/mol. The molecular formula is C14H19NO4. The Morgan fingerprint density at radius 1 is 1.32 bits per heavy atom. The van der Waals surface area contributed by atoms with E-state index >= 15 is 0 Å². The van der Waals surface area contributed by atoms with Crippen LogP contribution >= 0.6 is 0 Å². The maximum atomic E-state index is 11.7. The van der Waals surface area contributed by atoms with E-state index in [0.717, 1.165) is 5.56 Å². The zero-order chi connectivity index (χ0) is 14.6. The summed E-state index contributed by atoms with van der Waals surface area (Å²) in [6, 6.07) is 5.14. The first kappa shape index (κ1) is 15.0. The van der Waals surface area contributed by atoms with E-state index in [1.807, 2.05) is 6.92 Å². The summed E-state index contributed by atoms with van der Waals surface area (Å²) >= 11 is 0. The van der Waals surface area contributed by atoms with Gasteiger partial charge < -0.3 is 9.84 Å². The van der Waals surface area contributed by atoms with Gasteiger partial charge in [-0.15, -0.1) is 0 Å². The number of anilines is 1. The fraction of sp³-hybridized carbons (Fsp3) is 0.429. The third-order valence-electron chi connectivity index (χ3n) is 2.29. The molecule has 0 bridgehead atoms. The number of hydrogen-bond donors (Lipinski definition) is 2. The summed E-state index contributed by atoms with van der Waals surface area (Å²) in [6.45, 7) is 7.16. The minimum absolute atomic E-state index is 0.0801. The van der Waals surface area contributed by atoms with Crippen molar-refractivity contribution in [2.24, 2.45) is 0 Å². The van der Waals surface area contributed by atoms with Crippen LogP contribution in [-0.4, -0.2) is 22.8 Å². The lowest BCUT2D eigenvalue weighted by Gasteiger charge is -2.20. The lowest BCUT2D eigenvalue weighted by Crippen LogP contribution is -2.27. The maximum Gasteiger partial charge on any atom is 0.412 e. The number of carboxylic acids is 1. The average molecular weight is 265 g/mol. The molecule has 5 nitrogen and oxygen atoms in total. The van der Waals surface area contributed by atoms with E-state index < -0.39 is 17.7 Å². The number of carbonyl (C=O) groups excluding carboxylic acids is 1. The number of benzene rings is 1. The Morgan fingerprint density at radius 3 is 2.47 bits per heavy atom. The van der Waals surface area contributed by atoms with Crippen LogP contribution in [-0.2, 0) is 16.0 Å². The Kier molecular flexibility index (Phi) is 4.53. The van der Waals surface area contributed by atoms with Crippen molar-refractivity contribution in [3.05, 3.63) is 29.3 Å². The fourth-order valence-corrected chi connectivity index (χ4v) is 1.50. The minimum atomic E-state index is -0.910. The van der Waals surface area contributed by atoms with E-state index in [4.69, 9.17) is 9.84 Å². The van der Waals surface area contributed by atoms with E-state index in [1.54, 1.807) is 39.0 Å². The molecule has 0 aliphatic rings. The van der Waals surface area contributed by atoms with Gasteiger partial charge >= 0.3 is 12.1 Å². The molecule has 0 spiro atoms. The van der Waals surface area contributed by atoms with E-state index in [9.17, 15) is 9.59 Å². The minimum Gasteiger partial charge on any atom is -0.481 e. The molecule has 1 amide bonds. The molecule has 1 aromatic rings. The van der Waals surface area contributed by atoms with Crippen LogP contribution in [0.25, 0.3) is 0 Å². The Hall–Kier alpha value is -2.04. The number of aryl methyl sites for hydroxylation is 1. The molecule has 0 atom stereocenters. The summed E-state index contributed by atoms with van der Waals surface area (Å²) in [5.41, 5.74) is 1.47. The molecule has 1 rings (SSSR count). The van der Waals surface area contributed by atoms with Crippen LogP contribution in [0.3, 0.4) is 0 Å². The summed E-state index contributed by atoms with van der Waals surface area (Å²) in [5.74, 6) is -0.910. The number of nitrogens with one attached hydrogen (secondary N) is 1. The van der Waals surface area contributed by atoms with Gasteiger partial charge in [0, 0.05) is 5.69 Å². The highest BCUT2D eigenvalue weighted by Crippen LogP contribution is 2.18. The Labute approximate surface area is 112 Å². The molecular weight excluding hydrogens is 246 g/mol. The number of hydrogen-bond acceptors (Lipinski definition) is 3. The first-order valence-corrected chi connectivity index (χ1v) is 5.99. The lowest BCUT2D eigenvalue weighted by molar-refractivity contribution is -0.136. The molecule has 1 aromatic carbocycles. The van der Waals surface area contributed by atoms with Gasteiger partial charge in [-0.2, -0.15) is 0 Å². The van der Waals surface area contributed by atoms with Crippen LogP contribution in [0.15, 0.2) is 18.2 Å². The fourth-order valence-electron chi connectivity index (χ4n) is 1.50. The van der Waals surface area contributed by atoms with E-state index in [1.165, 1.54) is 0 Å². The molecule has 0 heterocycles. The Bertz CT molecular complexity index is 489. The smallest absolute Gasteiger partial charge is 0.412 e. The highest BCUT2D eigenvalue weighted by atomic mass is 16.6. The van der Waals surface area contributed by atoms with Gasteiger partial charge in [0.15, 0.2) is 0 Å². The molecule has 0 radical (unpaired) electrons. The molecule has 0 aromatic heterocycles. The van der Waals surface area contributed by atoms with Gasteiger partial charge in [-0.25, -0.2) is 4.79 Å². The average Bonchev–Trinajstić information content (AvgIpc) is 2.19. The van der Waals surface area contributed by atoms with E-state index in [0.29, 0.717) is 11.3 Å². The Morgan fingerprint density at radius 2 is 1.95 bits per heavy atom. The maximum absolute atomic E-state index is 11.7. The summed E-state index contributed by atoms with van der Waals surface area (Å²) < 4.78 is 5.15. The predicted molar refractivity (Wildman–Crippen MR) is 72.4 cm³/mol. The van der Waals surface area contributed by atoms with Crippen LogP contribution in [0.1, 0.15) is 31.9 Å². The van der Waals surface area contributed by atoms with Gasteiger partial charge in [0.1, 0.15) is 5.60 Å². The van der Waals surface area contributed by atoms with E-state index in [2.05, 4.69) is 5.32 Å². The third kappa shape index (κ3) is 5.42. The summed E-state index contributed by atoms with van der Waals surface area (Å²) in [7, 11) is 0. The van der Waals surface area contributed by atoms with Crippen molar-refractivity contribution in [3.63, 3.8) is 0 Å². The molecule has 5 heteroatoms. The van der Waals surface area contributed by atoms with Crippen LogP contribution < -0.4 is 5.32 Å². The van der Waals surface area contributed by atoms with Crippen molar-refractivity contribution in [2.45, 2.75) is 39.7 Å². The largest absolute Gasteiger partial charge is 0.481 e. The first-order valence-electron chi connectivity index (χ1n) is 5.99. The highest BCUT2D eigenvalue weighted by molar-refractivity contribution is 5.86. The lowest BCUT2D eigenvalue weighted by atomic mass is 10.1. The summed E-state index contributed by atoms with van der Waals surface area (Å²) in [4.78, 5) is 22.3. The van der Waals surface area contributed by atoms with Gasteiger partial charge in [-0.05, 0) is 44.9 Å². The zero-order valence-electron chi connectivity index (χ0n) is 11.6. The SMILES string of the molecule is Cc1ccc(CC(=O)O)cc1NC(=O)OC(C)(C)C. The second kappa shape index (κ2) is 5.73. The normalized spacial score (nSPS) is 10.9. The molecule has 0 aliphatic carbocycles. The van der Waals surface area contributed by atoms with E-state index in [-0.39, 0.29) is 6.42 Å². The number of amides is 1. The molecule has 0 fully saturated rings. The number of rotatable bonds is 3. The highest BCUT2D eigenvalue weighted by Gasteiger charge is 2.17. The van der Waals surface area contributed by atoms with Gasteiger partial charge in [0.05, 0.1) is 6.42 Å². The zero-order valence-corrected chi connectivity index (χ0v) is 11.6. The first-order chi connectivity index (χ1) is 8.67. The molecule has 19 heavy (non-hydrogen) atoms. The number of ether oxygens (including phenoxy) is 1. The standard InChI is InChI=1S/C14H19NO4/c1-9-5-6-10(8-12(16)17)7-11(9)15-13(18)19-14(2,3)4/h5-7H,8H2,1-4H3,(H,15,18)(H,16,17). The molecule has 2 N–H and O–H groups in total. The number of aliphatic carboxylic acids is 1. The number of carboxylic acid groups (broad SMARTS) is 1.